The van der Waals surface area contributed by atoms with Crippen LogP contribution in [0.25, 0.3) is 0 Å². The molecule has 0 aliphatic carbocycles. The molecular weight excluding hydrogens is 258 g/mol. The molecule has 2 heterocycles. The van der Waals surface area contributed by atoms with Crippen molar-refractivity contribution in [1.29, 1.82) is 0 Å². The van der Waals surface area contributed by atoms with Crippen LogP contribution in [0, 0.1) is 0 Å². The quantitative estimate of drug-likeness (QED) is 0.825. The van der Waals surface area contributed by atoms with Crippen LogP contribution in [0.15, 0.2) is 12.4 Å². The zero-order chi connectivity index (χ0) is 12.1. The van der Waals surface area contributed by atoms with Gasteiger partial charge in [-0.2, -0.15) is 0 Å². The second kappa shape index (κ2) is 6.32. The molecule has 1 saturated heterocycles. The van der Waals surface area contributed by atoms with E-state index in [9.17, 15) is 4.79 Å². The Labute approximate surface area is 109 Å². The van der Waals surface area contributed by atoms with Gasteiger partial charge < -0.3 is 14.4 Å². The van der Waals surface area contributed by atoms with Gasteiger partial charge in [0.1, 0.15) is 5.82 Å². The Morgan fingerprint density at radius 1 is 1.59 bits per heavy atom. The van der Waals surface area contributed by atoms with Crippen LogP contribution in [0.5, 0.6) is 0 Å². The summed E-state index contributed by atoms with van der Waals surface area (Å²) >= 11 is 1.98. The third kappa shape index (κ3) is 3.40. The number of carbonyl (C=O) groups excluding carboxylic acids is 1. The maximum atomic E-state index is 12.0. The van der Waals surface area contributed by atoms with Gasteiger partial charge >= 0.3 is 0 Å². The minimum atomic E-state index is -0.118. The van der Waals surface area contributed by atoms with Crippen molar-refractivity contribution in [3.8, 4) is 0 Å². The summed E-state index contributed by atoms with van der Waals surface area (Å²) in [5.41, 5.74) is 0. The highest BCUT2D eigenvalue weighted by atomic mass is 32.2. The molecule has 94 valence electrons. The average Bonchev–Trinajstić information content (AvgIpc) is 3.01. The smallest absolute Gasteiger partial charge is 0.282 e. The molecule has 1 aromatic heterocycles. The summed E-state index contributed by atoms with van der Waals surface area (Å²) in [6, 6.07) is 0. The Bertz CT molecular complexity index is 352. The first-order valence-electron chi connectivity index (χ1n) is 5.52. The number of hydrogen-bond acceptors (Lipinski definition) is 5. The highest BCUT2D eigenvalue weighted by Gasteiger charge is 2.24. The molecule has 1 aromatic rings. The average molecular weight is 273 g/mol. The number of hydrogen-bond donors (Lipinski definition) is 2. The van der Waals surface area contributed by atoms with Crippen LogP contribution >= 0.6 is 23.8 Å². The summed E-state index contributed by atoms with van der Waals surface area (Å²) in [5, 5.41) is -0.0361. The molecule has 1 aliphatic heterocycles. The lowest BCUT2D eigenvalue weighted by Gasteiger charge is -2.18. The van der Waals surface area contributed by atoms with Crippen LogP contribution in [-0.4, -0.2) is 43.5 Å². The number of likely N-dealkylation sites (tertiary alicyclic amines) is 1. The first-order chi connectivity index (χ1) is 8.31. The Kier molecular flexibility index (Phi) is 4.75. The number of aromatic nitrogens is 2. The minimum Gasteiger partial charge on any atom is -0.348 e. The number of nitrogens with one attached hydrogen (secondary N) is 1. The van der Waals surface area contributed by atoms with Gasteiger partial charge in [-0.1, -0.05) is 11.8 Å². The van der Waals surface area contributed by atoms with E-state index >= 15 is 0 Å². The van der Waals surface area contributed by atoms with Gasteiger partial charge in [0.15, 0.2) is 0 Å². The van der Waals surface area contributed by atoms with E-state index in [1.54, 1.807) is 12.4 Å². The SMILES string of the molecule is O=C(SC(CSO)c1ncc[nH]1)N1CCCC1. The monoisotopic (exact) mass is 273 g/mol. The Balaban J connectivity index is 1.95. The van der Waals surface area contributed by atoms with Crippen LogP contribution in [0.4, 0.5) is 4.79 Å². The lowest BCUT2D eigenvalue weighted by atomic mass is 10.4. The van der Waals surface area contributed by atoms with E-state index in [0.29, 0.717) is 5.75 Å². The van der Waals surface area contributed by atoms with Gasteiger partial charge in [0.25, 0.3) is 5.24 Å². The van der Waals surface area contributed by atoms with Gasteiger partial charge in [0, 0.05) is 31.2 Å². The molecule has 1 aliphatic rings. The predicted molar refractivity (Wildman–Crippen MR) is 70.2 cm³/mol. The van der Waals surface area contributed by atoms with Crippen LogP contribution in [0.2, 0.25) is 0 Å². The van der Waals surface area contributed by atoms with Crippen molar-refractivity contribution in [1.82, 2.24) is 14.9 Å². The summed E-state index contributed by atoms with van der Waals surface area (Å²) in [6.07, 6.45) is 5.56. The molecule has 2 rings (SSSR count). The van der Waals surface area contributed by atoms with Gasteiger partial charge in [-0.3, -0.25) is 4.79 Å². The fourth-order valence-electron chi connectivity index (χ4n) is 1.79. The highest BCUT2D eigenvalue weighted by molar-refractivity contribution is 8.14. The van der Waals surface area contributed by atoms with E-state index in [0.717, 1.165) is 43.8 Å². The first-order valence-corrected chi connectivity index (χ1v) is 7.34. The fourth-order valence-corrected chi connectivity index (χ4v) is 3.35. The molecular formula is C10H15N3O2S2. The first kappa shape index (κ1) is 12.8. The summed E-state index contributed by atoms with van der Waals surface area (Å²) in [5.74, 6) is 1.20. The van der Waals surface area contributed by atoms with Crippen molar-refractivity contribution in [3.05, 3.63) is 18.2 Å². The third-order valence-corrected chi connectivity index (χ3v) is 4.49. The van der Waals surface area contributed by atoms with Crippen LogP contribution in [0.1, 0.15) is 23.9 Å². The van der Waals surface area contributed by atoms with Crippen molar-refractivity contribution < 1.29 is 9.35 Å². The molecule has 0 radical (unpaired) electrons. The second-order valence-electron chi connectivity index (χ2n) is 3.84. The van der Waals surface area contributed by atoms with E-state index < -0.39 is 0 Å². The van der Waals surface area contributed by atoms with E-state index in [2.05, 4.69) is 9.97 Å². The zero-order valence-corrected chi connectivity index (χ0v) is 11.0. The van der Waals surface area contributed by atoms with E-state index in [-0.39, 0.29) is 10.5 Å². The minimum absolute atomic E-state index is 0.0814. The molecule has 1 amide bonds. The van der Waals surface area contributed by atoms with E-state index in [1.165, 1.54) is 11.8 Å². The van der Waals surface area contributed by atoms with Gasteiger partial charge in [0.05, 0.1) is 5.25 Å². The van der Waals surface area contributed by atoms with Crippen molar-refractivity contribution in [3.63, 3.8) is 0 Å². The third-order valence-electron chi connectivity index (χ3n) is 2.66. The van der Waals surface area contributed by atoms with Crippen LogP contribution < -0.4 is 0 Å². The fraction of sp³-hybridized carbons (Fsp3) is 0.600. The number of nitrogens with zero attached hydrogens (tertiary/aromatic N) is 2. The maximum absolute atomic E-state index is 12.0. The van der Waals surface area contributed by atoms with Crippen molar-refractivity contribution in [2.24, 2.45) is 0 Å². The highest BCUT2D eigenvalue weighted by Crippen LogP contribution is 2.32. The molecule has 0 bridgehead atoms. The van der Waals surface area contributed by atoms with Crippen LogP contribution in [-0.2, 0) is 0 Å². The standard InChI is InChI=1S/C10H15N3O2S2/c14-10(13-5-1-2-6-13)17-8(7-16-15)9-11-3-4-12-9/h3-4,8,15H,1-2,5-7H2,(H,11,12). The largest absolute Gasteiger partial charge is 0.348 e. The summed E-state index contributed by atoms with van der Waals surface area (Å²) in [6.45, 7) is 1.70. The number of imidazole rings is 1. The van der Waals surface area contributed by atoms with Crippen molar-refractivity contribution in [2.45, 2.75) is 18.1 Å². The molecule has 2 N–H and O–H groups in total. The van der Waals surface area contributed by atoms with Gasteiger partial charge in [-0.25, -0.2) is 4.98 Å². The molecule has 0 saturated carbocycles. The molecule has 5 nitrogen and oxygen atoms in total. The number of carbonyl (C=O) groups is 1. The number of rotatable bonds is 4. The second-order valence-corrected chi connectivity index (χ2v) is 5.58. The lowest BCUT2D eigenvalue weighted by molar-refractivity contribution is 0.233. The zero-order valence-electron chi connectivity index (χ0n) is 9.33. The molecule has 0 aromatic carbocycles. The van der Waals surface area contributed by atoms with Gasteiger partial charge in [-0.05, 0) is 24.9 Å². The van der Waals surface area contributed by atoms with Crippen LogP contribution in [0.3, 0.4) is 0 Å². The summed E-state index contributed by atoms with van der Waals surface area (Å²) in [4.78, 5) is 21.0. The van der Waals surface area contributed by atoms with Crippen molar-refractivity contribution in [2.75, 3.05) is 18.8 Å². The van der Waals surface area contributed by atoms with Crippen molar-refractivity contribution >= 4 is 29.0 Å². The Hall–Kier alpha value is -0.660. The number of aromatic amines is 1. The summed E-state index contributed by atoms with van der Waals surface area (Å²) < 4.78 is 8.95. The summed E-state index contributed by atoms with van der Waals surface area (Å²) in [7, 11) is 0. The Morgan fingerprint density at radius 3 is 2.94 bits per heavy atom. The Morgan fingerprint density at radius 2 is 2.35 bits per heavy atom. The maximum Gasteiger partial charge on any atom is 0.282 e. The normalized spacial score (nSPS) is 17.4. The number of amides is 1. The molecule has 1 unspecified atom stereocenters. The number of H-pyrrole nitrogens is 1. The molecule has 17 heavy (non-hydrogen) atoms. The molecule has 1 fully saturated rings. The van der Waals surface area contributed by atoms with Gasteiger partial charge in [-0.15, -0.1) is 0 Å². The topological polar surface area (TPSA) is 69.2 Å². The molecule has 1 atom stereocenters. The molecule has 7 heteroatoms. The predicted octanol–water partition coefficient (Wildman–Crippen LogP) is 2.61. The molecule has 0 spiro atoms. The van der Waals surface area contributed by atoms with E-state index in [1.807, 2.05) is 4.90 Å². The van der Waals surface area contributed by atoms with Gasteiger partial charge in [0.2, 0.25) is 0 Å². The number of thioether (sulfide) groups is 1. The van der Waals surface area contributed by atoms with E-state index in [4.69, 9.17) is 4.55 Å². The lowest BCUT2D eigenvalue weighted by Crippen LogP contribution is -2.24.